The summed E-state index contributed by atoms with van der Waals surface area (Å²) in [7, 11) is 0. The fraction of sp³-hybridized carbons (Fsp3) is 0.450. The summed E-state index contributed by atoms with van der Waals surface area (Å²) < 4.78 is 5.34. The van der Waals surface area contributed by atoms with Crippen LogP contribution in [0, 0.1) is 18.8 Å². The molecule has 1 aromatic carbocycles. The first-order valence-electron chi connectivity index (χ1n) is 9.37. The summed E-state index contributed by atoms with van der Waals surface area (Å²) in [6, 6.07) is 5.82. The summed E-state index contributed by atoms with van der Waals surface area (Å²) in [6.45, 7) is 5.53. The maximum Gasteiger partial charge on any atom is 0.405 e. The standard InChI is InChI=1S/C20H24ClN5O2/c1-11-4-3-5-14(16(11)21)15-8-24-19(25-17(15)22)26-9-12-6-20(2,28-18(23)27)7-13(12)10-26/h3-5,8,12-13H,6-7,9-10H2,1-2H3,(H2,23,27)(H2,22,24,25)/t12-,13+,20-. The lowest BCUT2D eigenvalue weighted by Crippen LogP contribution is -2.34. The molecular formula is C20H24ClN5O2. The van der Waals surface area contributed by atoms with Crippen molar-refractivity contribution in [2.24, 2.45) is 17.6 Å². The molecule has 1 aromatic heterocycles. The van der Waals surface area contributed by atoms with Crippen LogP contribution >= 0.6 is 11.6 Å². The highest BCUT2D eigenvalue weighted by atomic mass is 35.5. The largest absolute Gasteiger partial charge is 0.443 e. The highest BCUT2D eigenvalue weighted by Crippen LogP contribution is 2.46. The number of aryl methyl sites for hydroxylation is 1. The van der Waals surface area contributed by atoms with E-state index in [-0.39, 0.29) is 0 Å². The van der Waals surface area contributed by atoms with Crippen LogP contribution in [0.5, 0.6) is 0 Å². The Morgan fingerprint density at radius 1 is 1.29 bits per heavy atom. The number of aromatic nitrogens is 2. The molecule has 148 valence electrons. The molecule has 7 nitrogen and oxygen atoms in total. The number of anilines is 2. The van der Waals surface area contributed by atoms with Gasteiger partial charge in [-0.3, -0.25) is 0 Å². The fourth-order valence-corrected chi connectivity index (χ4v) is 4.91. The van der Waals surface area contributed by atoms with Crippen molar-refractivity contribution in [1.82, 2.24) is 9.97 Å². The van der Waals surface area contributed by atoms with Gasteiger partial charge < -0.3 is 21.1 Å². The number of fused-ring (bicyclic) bond motifs is 1. The lowest BCUT2D eigenvalue weighted by molar-refractivity contribution is 0.0312. The third-order valence-corrected chi connectivity index (χ3v) is 6.38. The first-order valence-corrected chi connectivity index (χ1v) is 9.75. The molecule has 1 saturated heterocycles. The number of primary amides is 1. The minimum Gasteiger partial charge on any atom is -0.443 e. The van der Waals surface area contributed by atoms with E-state index in [4.69, 9.17) is 27.8 Å². The summed E-state index contributed by atoms with van der Waals surface area (Å²) in [6.07, 6.45) is 2.63. The van der Waals surface area contributed by atoms with Crippen molar-refractivity contribution < 1.29 is 9.53 Å². The van der Waals surface area contributed by atoms with Crippen LogP contribution in [-0.4, -0.2) is 34.8 Å². The molecule has 28 heavy (non-hydrogen) atoms. The van der Waals surface area contributed by atoms with E-state index in [2.05, 4.69) is 14.9 Å². The van der Waals surface area contributed by atoms with Crippen molar-refractivity contribution in [2.45, 2.75) is 32.3 Å². The minimum atomic E-state index is -0.708. The Balaban J connectivity index is 1.51. The number of benzene rings is 1. The van der Waals surface area contributed by atoms with Gasteiger partial charge in [0, 0.05) is 30.4 Å². The summed E-state index contributed by atoms with van der Waals surface area (Å²) in [5.41, 5.74) is 13.5. The average Bonchev–Trinajstić information content (AvgIpc) is 3.11. The molecule has 2 aliphatic rings. The zero-order valence-electron chi connectivity index (χ0n) is 16.0. The summed E-state index contributed by atoms with van der Waals surface area (Å²) >= 11 is 6.43. The van der Waals surface area contributed by atoms with Crippen molar-refractivity contribution in [3.63, 3.8) is 0 Å². The smallest absolute Gasteiger partial charge is 0.405 e. The molecule has 1 aliphatic carbocycles. The van der Waals surface area contributed by atoms with Crippen LogP contribution in [0.1, 0.15) is 25.3 Å². The Hall–Kier alpha value is -2.54. The summed E-state index contributed by atoms with van der Waals surface area (Å²) in [4.78, 5) is 22.4. The predicted molar refractivity (Wildman–Crippen MR) is 109 cm³/mol. The van der Waals surface area contributed by atoms with E-state index in [1.807, 2.05) is 32.0 Å². The van der Waals surface area contributed by atoms with E-state index in [1.165, 1.54) is 0 Å². The highest BCUT2D eigenvalue weighted by molar-refractivity contribution is 6.34. The van der Waals surface area contributed by atoms with Gasteiger partial charge in [0.2, 0.25) is 5.95 Å². The molecule has 4 N–H and O–H groups in total. The number of halogens is 1. The molecule has 3 atom stereocenters. The SMILES string of the molecule is Cc1cccc(-c2cnc(N3C[C@@H]4C[C@](C)(OC(N)=O)C[C@@H]4C3)nc2N)c1Cl. The van der Waals surface area contributed by atoms with E-state index in [0.29, 0.717) is 28.6 Å². The number of carbonyl (C=O) groups is 1. The fourth-order valence-electron chi connectivity index (χ4n) is 4.68. The average molecular weight is 402 g/mol. The van der Waals surface area contributed by atoms with Crippen LogP contribution in [0.15, 0.2) is 24.4 Å². The van der Waals surface area contributed by atoms with E-state index in [0.717, 1.165) is 42.6 Å². The van der Waals surface area contributed by atoms with Gasteiger partial charge >= 0.3 is 6.09 Å². The number of ether oxygens (including phenoxy) is 1. The Kier molecular flexibility index (Phi) is 4.57. The predicted octanol–water partition coefficient (Wildman–Crippen LogP) is 3.39. The van der Waals surface area contributed by atoms with Crippen LogP contribution in [-0.2, 0) is 4.74 Å². The molecule has 1 amide bonds. The van der Waals surface area contributed by atoms with Gasteiger partial charge in [-0.1, -0.05) is 29.8 Å². The Morgan fingerprint density at radius 3 is 2.57 bits per heavy atom. The number of hydrogen-bond donors (Lipinski definition) is 2. The number of hydrogen-bond acceptors (Lipinski definition) is 6. The second-order valence-corrected chi connectivity index (χ2v) is 8.49. The molecule has 1 saturated carbocycles. The van der Waals surface area contributed by atoms with Crippen LogP contribution in [0.3, 0.4) is 0 Å². The van der Waals surface area contributed by atoms with Crippen molar-refractivity contribution in [2.75, 3.05) is 23.7 Å². The van der Waals surface area contributed by atoms with Gasteiger partial charge in [0.05, 0.1) is 5.02 Å². The van der Waals surface area contributed by atoms with Gasteiger partial charge in [-0.15, -0.1) is 0 Å². The zero-order chi connectivity index (χ0) is 20.1. The van der Waals surface area contributed by atoms with Gasteiger partial charge in [-0.25, -0.2) is 9.78 Å². The quantitative estimate of drug-likeness (QED) is 0.816. The van der Waals surface area contributed by atoms with Gasteiger partial charge in [0.15, 0.2) is 0 Å². The zero-order valence-corrected chi connectivity index (χ0v) is 16.7. The molecule has 0 spiro atoms. The molecule has 4 rings (SSSR count). The number of amides is 1. The van der Waals surface area contributed by atoms with Crippen molar-refractivity contribution in [3.05, 3.63) is 35.0 Å². The molecule has 2 fully saturated rings. The van der Waals surface area contributed by atoms with Crippen LogP contribution < -0.4 is 16.4 Å². The third kappa shape index (κ3) is 3.35. The first-order chi connectivity index (χ1) is 13.3. The van der Waals surface area contributed by atoms with E-state index in [1.54, 1.807) is 6.20 Å². The lowest BCUT2D eigenvalue weighted by Gasteiger charge is -2.26. The number of rotatable bonds is 3. The molecule has 2 heterocycles. The Labute approximate surface area is 169 Å². The topological polar surface area (TPSA) is 107 Å². The number of nitrogens with zero attached hydrogens (tertiary/aromatic N) is 3. The van der Waals surface area contributed by atoms with Crippen molar-refractivity contribution in [3.8, 4) is 11.1 Å². The maximum atomic E-state index is 11.1. The van der Waals surface area contributed by atoms with Gasteiger partial charge in [-0.2, -0.15) is 4.98 Å². The second kappa shape index (κ2) is 6.81. The Morgan fingerprint density at radius 2 is 1.96 bits per heavy atom. The monoisotopic (exact) mass is 401 g/mol. The highest BCUT2D eigenvalue weighted by Gasteiger charge is 2.49. The summed E-state index contributed by atoms with van der Waals surface area (Å²) in [5, 5.41) is 0.662. The maximum absolute atomic E-state index is 11.1. The number of carbonyl (C=O) groups excluding carboxylic acids is 1. The van der Waals surface area contributed by atoms with Crippen LogP contribution in [0.25, 0.3) is 11.1 Å². The van der Waals surface area contributed by atoms with Crippen LogP contribution in [0.2, 0.25) is 5.02 Å². The molecule has 8 heteroatoms. The molecule has 0 bridgehead atoms. The Bertz CT molecular complexity index is 921. The van der Waals surface area contributed by atoms with Gasteiger partial charge in [-0.05, 0) is 44.1 Å². The molecule has 0 unspecified atom stereocenters. The molecular weight excluding hydrogens is 378 g/mol. The van der Waals surface area contributed by atoms with Gasteiger partial charge in [0.25, 0.3) is 0 Å². The third-order valence-electron chi connectivity index (χ3n) is 5.88. The molecule has 0 radical (unpaired) electrons. The van der Waals surface area contributed by atoms with Crippen LogP contribution in [0.4, 0.5) is 16.6 Å². The van der Waals surface area contributed by atoms with E-state index in [9.17, 15) is 4.79 Å². The van der Waals surface area contributed by atoms with E-state index >= 15 is 0 Å². The normalized spacial score (nSPS) is 26.3. The molecule has 2 aromatic rings. The first kappa shape index (κ1) is 18.8. The minimum absolute atomic E-state index is 0.413. The van der Waals surface area contributed by atoms with Gasteiger partial charge in [0.1, 0.15) is 11.4 Å². The lowest BCUT2D eigenvalue weighted by atomic mass is 10.0. The summed E-state index contributed by atoms with van der Waals surface area (Å²) in [5.74, 6) is 1.87. The number of nitrogens with two attached hydrogens (primary N) is 2. The number of nitrogen functional groups attached to an aromatic ring is 1. The van der Waals surface area contributed by atoms with E-state index < -0.39 is 11.7 Å². The molecule has 1 aliphatic heterocycles. The van der Waals surface area contributed by atoms with Crippen molar-refractivity contribution in [1.29, 1.82) is 0 Å². The van der Waals surface area contributed by atoms with Crippen molar-refractivity contribution >= 4 is 29.5 Å². The second-order valence-electron chi connectivity index (χ2n) is 8.11.